The summed E-state index contributed by atoms with van der Waals surface area (Å²) < 4.78 is 2.22. The molecule has 2 heterocycles. The quantitative estimate of drug-likeness (QED) is 0.733. The van der Waals surface area contributed by atoms with Crippen molar-refractivity contribution in [2.75, 3.05) is 31.9 Å². The lowest BCUT2D eigenvalue weighted by Gasteiger charge is -2.34. The van der Waals surface area contributed by atoms with E-state index in [0.29, 0.717) is 11.8 Å². The predicted octanol–water partition coefficient (Wildman–Crippen LogP) is 2.96. The molecule has 5 nitrogen and oxygen atoms in total. The van der Waals surface area contributed by atoms with Gasteiger partial charge in [0, 0.05) is 51.2 Å². The molecular weight excluding hydrogens is 344 g/mol. The average Bonchev–Trinajstić information content (AvgIpc) is 3.38. The fourth-order valence-corrected chi connectivity index (χ4v) is 4.41. The van der Waals surface area contributed by atoms with Gasteiger partial charge in [-0.3, -0.25) is 9.69 Å². The van der Waals surface area contributed by atoms with E-state index in [1.165, 1.54) is 24.0 Å². The zero-order valence-electron chi connectivity index (χ0n) is 15.3. The molecule has 1 aromatic carbocycles. The third-order valence-electron chi connectivity index (χ3n) is 5.11. The third-order valence-corrected chi connectivity index (χ3v) is 6.08. The molecule has 1 aromatic heterocycles. The zero-order valence-corrected chi connectivity index (χ0v) is 16.1. The highest BCUT2D eigenvalue weighted by Gasteiger charge is 2.26. The van der Waals surface area contributed by atoms with Crippen LogP contribution in [0.2, 0.25) is 0 Å². The number of benzene rings is 1. The number of piperazine rings is 1. The molecule has 1 amide bonds. The van der Waals surface area contributed by atoms with Gasteiger partial charge in [-0.15, -0.1) is 0 Å². The summed E-state index contributed by atoms with van der Waals surface area (Å²) in [6, 6.07) is 9.29. The number of aryl methyl sites for hydroxylation is 1. The van der Waals surface area contributed by atoms with Gasteiger partial charge in [-0.05, 0) is 25.3 Å². The molecule has 2 fully saturated rings. The smallest absolute Gasteiger partial charge is 0.233 e. The molecule has 2 aliphatic rings. The maximum absolute atomic E-state index is 12.5. The first-order chi connectivity index (χ1) is 12.7. The van der Waals surface area contributed by atoms with Gasteiger partial charge in [-0.2, -0.15) is 0 Å². The molecule has 1 aliphatic carbocycles. The highest BCUT2D eigenvalue weighted by molar-refractivity contribution is 7.99. The van der Waals surface area contributed by atoms with Crippen LogP contribution in [0.15, 0.2) is 41.8 Å². The zero-order chi connectivity index (χ0) is 17.9. The van der Waals surface area contributed by atoms with E-state index in [1.54, 1.807) is 11.8 Å². The van der Waals surface area contributed by atoms with E-state index in [2.05, 4.69) is 45.6 Å². The minimum absolute atomic E-state index is 0.232. The van der Waals surface area contributed by atoms with Crippen LogP contribution in [0.4, 0.5) is 0 Å². The second-order valence-corrected chi connectivity index (χ2v) is 8.23. The number of aromatic nitrogens is 2. The van der Waals surface area contributed by atoms with E-state index in [0.717, 1.165) is 37.9 Å². The highest BCUT2D eigenvalue weighted by Crippen LogP contribution is 2.37. The van der Waals surface area contributed by atoms with Gasteiger partial charge in [0.05, 0.1) is 5.75 Å². The van der Waals surface area contributed by atoms with Crippen molar-refractivity contribution in [3.63, 3.8) is 0 Å². The first-order valence-corrected chi connectivity index (χ1v) is 10.4. The molecule has 26 heavy (non-hydrogen) atoms. The van der Waals surface area contributed by atoms with Gasteiger partial charge in [0.2, 0.25) is 5.91 Å². The molecule has 6 heteroatoms. The van der Waals surface area contributed by atoms with Crippen molar-refractivity contribution in [3.8, 4) is 0 Å². The van der Waals surface area contributed by atoms with E-state index in [1.807, 2.05) is 17.3 Å². The number of thioether (sulfide) groups is 1. The highest BCUT2D eigenvalue weighted by atomic mass is 32.2. The Morgan fingerprint density at radius 2 is 2.04 bits per heavy atom. The SMILES string of the molecule is Cc1cccc(CN2CCN(C(=O)CSc3nccn3C3CC3)CC2)c1. The number of nitrogens with zero attached hydrogens (tertiary/aromatic N) is 4. The van der Waals surface area contributed by atoms with E-state index >= 15 is 0 Å². The fraction of sp³-hybridized carbons (Fsp3) is 0.500. The van der Waals surface area contributed by atoms with Crippen LogP contribution in [-0.4, -0.2) is 57.2 Å². The number of carbonyl (C=O) groups is 1. The van der Waals surface area contributed by atoms with Gasteiger partial charge < -0.3 is 9.47 Å². The lowest BCUT2D eigenvalue weighted by Crippen LogP contribution is -2.48. The fourth-order valence-electron chi connectivity index (χ4n) is 3.48. The van der Waals surface area contributed by atoms with Crippen LogP contribution < -0.4 is 0 Å². The van der Waals surface area contributed by atoms with Crippen LogP contribution >= 0.6 is 11.8 Å². The summed E-state index contributed by atoms with van der Waals surface area (Å²) in [5.41, 5.74) is 2.66. The van der Waals surface area contributed by atoms with Crippen molar-refractivity contribution in [2.24, 2.45) is 0 Å². The Morgan fingerprint density at radius 3 is 2.77 bits per heavy atom. The van der Waals surface area contributed by atoms with Crippen LogP contribution in [0, 0.1) is 6.92 Å². The van der Waals surface area contributed by atoms with Crippen LogP contribution in [0.25, 0.3) is 0 Å². The van der Waals surface area contributed by atoms with E-state index in [4.69, 9.17) is 0 Å². The maximum atomic E-state index is 12.5. The Bertz CT molecular complexity index is 763. The molecule has 0 atom stereocenters. The van der Waals surface area contributed by atoms with Crippen LogP contribution in [0.3, 0.4) is 0 Å². The van der Waals surface area contributed by atoms with E-state index in [9.17, 15) is 4.79 Å². The number of hydrogen-bond acceptors (Lipinski definition) is 4. The third kappa shape index (κ3) is 4.30. The molecule has 2 aromatic rings. The van der Waals surface area contributed by atoms with Crippen LogP contribution in [-0.2, 0) is 11.3 Å². The van der Waals surface area contributed by atoms with Gasteiger partial charge in [-0.1, -0.05) is 41.6 Å². The normalized spacial score (nSPS) is 18.3. The molecule has 0 radical (unpaired) electrons. The lowest BCUT2D eigenvalue weighted by atomic mass is 10.1. The Kier molecular flexibility index (Phi) is 5.31. The summed E-state index contributed by atoms with van der Waals surface area (Å²) in [6.07, 6.45) is 6.35. The van der Waals surface area contributed by atoms with Gasteiger partial charge in [-0.25, -0.2) is 4.98 Å². The second-order valence-electron chi connectivity index (χ2n) is 7.28. The summed E-state index contributed by atoms with van der Waals surface area (Å²) >= 11 is 1.58. The average molecular weight is 371 g/mol. The Morgan fingerprint density at radius 1 is 1.23 bits per heavy atom. The van der Waals surface area contributed by atoms with Crippen LogP contribution in [0.5, 0.6) is 0 Å². The van der Waals surface area contributed by atoms with E-state index in [-0.39, 0.29) is 5.91 Å². The van der Waals surface area contributed by atoms with Gasteiger partial charge in [0.25, 0.3) is 0 Å². The number of imidazole rings is 1. The summed E-state index contributed by atoms with van der Waals surface area (Å²) in [7, 11) is 0. The molecule has 138 valence electrons. The molecule has 4 rings (SSSR count). The van der Waals surface area contributed by atoms with Gasteiger partial charge in [0.1, 0.15) is 0 Å². The molecule has 1 saturated carbocycles. The van der Waals surface area contributed by atoms with Gasteiger partial charge in [0.15, 0.2) is 5.16 Å². The minimum atomic E-state index is 0.232. The summed E-state index contributed by atoms with van der Waals surface area (Å²) in [5.74, 6) is 0.720. The first-order valence-electron chi connectivity index (χ1n) is 9.40. The van der Waals surface area contributed by atoms with Crippen molar-refractivity contribution < 1.29 is 4.79 Å². The summed E-state index contributed by atoms with van der Waals surface area (Å²) in [5, 5.41) is 0.985. The molecule has 0 bridgehead atoms. The lowest BCUT2D eigenvalue weighted by molar-refractivity contribution is -0.130. The largest absolute Gasteiger partial charge is 0.339 e. The molecule has 0 unspecified atom stereocenters. The maximum Gasteiger partial charge on any atom is 0.233 e. The molecule has 1 aliphatic heterocycles. The molecular formula is C20H26N4OS. The summed E-state index contributed by atoms with van der Waals surface area (Å²) in [4.78, 5) is 21.4. The summed E-state index contributed by atoms with van der Waals surface area (Å²) in [6.45, 7) is 6.64. The number of hydrogen-bond donors (Lipinski definition) is 0. The Hall–Kier alpha value is -1.79. The minimum Gasteiger partial charge on any atom is -0.339 e. The van der Waals surface area contributed by atoms with E-state index < -0.39 is 0 Å². The molecule has 0 spiro atoms. The monoisotopic (exact) mass is 370 g/mol. The molecule has 1 saturated heterocycles. The van der Waals surface area contributed by atoms with Crippen molar-refractivity contribution in [3.05, 3.63) is 47.8 Å². The predicted molar refractivity (Wildman–Crippen MR) is 104 cm³/mol. The van der Waals surface area contributed by atoms with Gasteiger partial charge >= 0.3 is 0 Å². The van der Waals surface area contributed by atoms with Crippen LogP contribution in [0.1, 0.15) is 30.0 Å². The Balaban J connectivity index is 1.23. The second kappa shape index (κ2) is 7.84. The molecule has 0 N–H and O–H groups in total. The van der Waals surface area contributed by atoms with Crippen molar-refractivity contribution in [1.29, 1.82) is 0 Å². The Labute approximate surface area is 159 Å². The van der Waals surface area contributed by atoms with Crippen molar-refractivity contribution in [1.82, 2.24) is 19.4 Å². The number of rotatable bonds is 6. The van der Waals surface area contributed by atoms with Crippen molar-refractivity contribution >= 4 is 17.7 Å². The number of amides is 1. The standard InChI is InChI=1S/C20H26N4OS/c1-16-3-2-4-17(13-16)14-22-9-11-23(12-10-22)19(25)15-26-20-21-7-8-24(20)18-5-6-18/h2-4,7-8,13,18H,5-6,9-12,14-15H2,1H3. The first kappa shape index (κ1) is 17.6. The topological polar surface area (TPSA) is 41.4 Å². The van der Waals surface area contributed by atoms with Crippen molar-refractivity contribution in [2.45, 2.75) is 37.5 Å². The number of carbonyl (C=O) groups excluding carboxylic acids is 1.